The van der Waals surface area contributed by atoms with Gasteiger partial charge in [-0.1, -0.05) is 141 Å². The van der Waals surface area contributed by atoms with Crippen molar-refractivity contribution in [3.8, 4) is 0 Å². The molecule has 1 fully saturated rings. The lowest BCUT2D eigenvalue weighted by Gasteiger charge is -2.29. The number of esters is 2. The van der Waals surface area contributed by atoms with Crippen molar-refractivity contribution in [2.45, 2.75) is 218 Å². The molecule has 1 aliphatic rings. The van der Waals surface area contributed by atoms with Crippen LogP contribution in [-0.4, -0.2) is 271 Å². The number of aliphatic hydroxyl groups is 2. The number of hydrogen-bond donors (Lipinski definition) is 2. The molecule has 23 nitrogen and oxygen atoms in total. The van der Waals surface area contributed by atoms with Gasteiger partial charge in [0.05, 0.1) is 211 Å². The Kier molecular flexibility index (Phi) is 75.8. The Hall–Kier alpha value is -2.34. The molecule has 0 aromatic carbocycles. The summed E-state index contributed by atoms with van der Waals surface area (Å²) in [5, 5.41) is 17.8. The maximum absolute atomic E-state index is 12.2. The molecule has 0 bridgehead atoms. The fourth-order valence-electron chi connectivity index (χ4n) is 10.1. The molecule has 97 heavy (non-hydrogen) atoms. The first-order chi connectivity index (χ1) is 48.1. The average molecular weight is 1400 g/mol. The van der Waals surface area contributed by atoms with E-state index in [0.29, 0.717) is 152 Å². The van der Waals surface area contributed by atoms with Gasteiger partial charge < -0.3 is 100 Å². The molecule has 23 heteroatoms. The van der Waals surface area contributed by atoms with Crippen LogP contribution in [0.4, 0.5) is 0 Å². The molecular weight excluding hydrogens is 1260 g/mol. The lowest BCUT2D eigenvalue weighted by Crippen LogP contribution is -2.46. The van der Waals surface area contributed by atoms with Crippen LogP contribution in [0.5, 0.6) is 0 Å². The van der Waals surface area contributed by atoms with E-state index in [9.17, 15) is 9.59 Å². The van der Waals surface area contributed by atoms with Gasteiger partial charge in [0.2, 0.25) is 0 Å². The van der Waals surface area contributed by atoms with Crippen molar-refractivity contribution in [3.05, 3.63) is 24.3 Å². The standard InChI is InChI=1S/C74H140O23/c1-3-5-7-9-11-13-15-17-19-21-23-25-27-29-31-33-71(77)94-64-59-88-52-47-83-43-44-85-55-56-91-67-69(74-73(96-66-61-90-54-49-82-42-40-80-38-36-76)70(68-97-74)93-63-58-87-50-45-81-41-39-79-37-35-75)92-62-57-86-51-46-84-48-53-89-60-65-95-72(78)34-32-30-28-26-24-22-20-18-16-14-12-10-8-6-4-2/h17-20,69-70,73-76H,3-16,21-68H2,1-2H3/b19-17-,20-18-/t69-,70+,73-,74-/m1/s1. The third-order valence-corrected chi connectivity index (χ3v) is 15.5. The highest BCUT2D eigenvalue weighted by Crippen LogP contribution is 2.26. The fraction of sp³-hybridized carbons (Fsp3) is 0.919. The van der Waals surface area contributed by atoms with Gasteiger partial charge in [-0.2, -0.15) is 0 Å². The van der Waals surface area contributed by atoms with Crippen molar-refractivity contribution in [2.24, 2.45) is 0 Å². The predicted octanol–water partition coefficient (Wildman–Crippen LogP) is 10.9. The number of unbranched alkanes of at least 4 members (excludes halogenated alkanes) is 22. The topological polar surface area (TPSA) is 250 Å². The van der Waals surface area contributed by atoms with E-state index in [-0.39, 0.29) is 97.8 Å². The van der Waals surface area contributed by atoms with E-state index >= 15 is 0 Å². The summed E-state index contributed by atoms with van der Waals surface area (Å²) in [5.74, 6) is -0.354. The number of allylic oxidation sites excluding steroid dienone is 4. The molecule has 0 amide bonds. The Morgan fingerprint density at radius 1 is 0.340 bits per heavy atom. The summed E-state index contributed by atoms with van der Waals surface area (Å²) < 4.78 is 110. The molecule has 0 unspecified atom stereocenters. The lowest BCUT2D eigenvalue weighted by atomic mass is 10.1. The Labute approximate surface area is 586 Å². The second-order valence-corrected chi connectivity index (χ2v) is 23.9. The van der Waals surface area contributed by atoms with E-state index in [2.05, 4.69) is 38.2 Å². The molecule has 1 aliphatic heterocycles. The summed E-state index contributed by atoms with van der Waals surface area (Å²) in [6.45, 7) is 14.9. The predicted molar refractivity (Wildman–Crippen MR) is 375 cm³/mol. The molecular formula is C74H140O23. The number of rotatable bonds is 82. The van der Waals surface area contributed by atoms with Crippen LogP contribution in [0.15, 0.2) is 24.3 Å². The molecule has 1 rings (SSSR count). The van der Waals surface area contributed by atoms with Crippen molar-refractivity contribution in [1.82, 2.24) is 0 Å². The molecule has 574 valence electrons. The highest BCUT2D eigenvalue weighted by atomic mass is 16.6. The van der Waals surface area contributed by atoms with Crippen LogP contribution in [-0.2, 0) is 99.6 Å². The Bertz CT molecular complexity index is 1640. The Morgan fingerprint density at radius 3 is 0.990 bits per heavy atom. The average Bonchev–Trinajstić information content (AvgIpc) is 1.71. The van der Waals surface area contributed by atoms with Crippen LogP contribution in [0.1, 0.15) is 194 Å². The number of aliphatic hydroxyl groups excluding tert-OH is 2. The second-order valence-electron chi connectivity index (χ2n) is 23.9. The number of carbonyl (C=O) groups is 2. The Morgan fingerprint density at radius 2 is 0.629 bits per heavy atom. The zero-order valence-electron chi connectivity index (χ0n) is 60.9. The molecule has 0 aromatic heterocycles. The van der Waals surface area contributed by atoms with Crippen LogP contribution < -0.4 is 0 Å². The van der Waals surface area contributed by atoms with Gasteiger partial charge in [0.25, 0.3) is 0 Å². The third kappa shape index (κ3) is 67.9. The minimum Gasteiger partial charge on any atom is -0.463 e. The van der Waals surface area contributed by atoms with Crippen LogP contribution >= 0.6 is 0 Å². The van der Waals surface area contributed by atoms with Gasteiger partial charge in [-0.3, -0.25) is 9.59 Å². The van der Waals surface area contributed by atoms with E-state index in [1.54, 1.807) is 0 Å². The first kappa shape index (κ1) is 92.7. The first-order valence-electron chi connectivity index (χ1n) is 37.9. The van der Waals surface area contributed by atoms with E-state index < -0.39 is 24.4 Å². The molecule has 0 aromatic rings. The summed E-state index contributed by atoms with van der Waals surface area (Å²) in [4.78, 5) is 24.4. The van der Waals surface area contributed by atoms with Gasteiger partial charge in [0.15, 0.2) is 0 Å². The van der Waals surface area contributed by atoms with Gasteiger partial charge in [0, 0.05) is 12.8 Å². The monoisotopic (exact) mass is 1400 g/mol. The van der Waals surface area contributed by atoms with Gasteiger partial charge in [-0.15, -0.1) is 0 Å². The maximum atomic E-state index is 12.2. The van der Waals surface area contributed by atoms with Crippen LogP contribution in [0.2, 0.25) is 0 Å². The SMILES string of the molecule is CCCCCCCC/C=C\CCCCCCCC(=O)OCCOCCOCCOCCOC[C@@H](OCCOCCOCCOCCOC(=O)CCCCCCC/C=C\CCCCCCCC)[C@H]1OC[C@H](OCCOCCOCCOCCO)[C@H]1OCCOCCOCCOCCO. The Balaban J connectivity index is 2.48. The van der Waals surface area contributed by atoms with Crippen molar-refractivity contribution in [1.29, 1.82) is 0 Å². The van der Waals surface area contributed by atoms with Crippen molar-refractivity contribution >= 4 is 11.9 Å². The molecule has 4 atom stereocenters. The van der Waals surface area contributed by atoms with Gasteiger partial charge in [-0.25, -0.2) is 0 Å². The normalized spacial score (nSPS) is 15.3. The maximum Gasteiger partial charge on any atom is 0.305 e. The van der Waals surface area contributed by atoms with Gasteiger partial charge in [-0.05, 0) is 64.2 Å². The minimum atomic E-state index is -0.567. The second kappa shape index (κ2) is 79.4. The first-order valence-corrected chi connectivity index (χ1v) is 37.9. The summed E-state index contributed by atoms with van der Waals surface area (Å²) in [6, 6.07) is 0. The van der Waals surface area contributed by atoms with Crippen molar-refractivity contribution < 1.29 is 110 Å². The van der Waals surface area contributed by atoms with E-state index in [1.807, 2.05) is 0 Å². The minimum absolute atomic E-state index is 0.0297. The molecule has 0 saturated carbocycles. The summed E-state index contributed by atoms with van der Waals surface area (Å²) in [7, 11) is 0. The number of ether oxygens (including phenoxy) is 19. The quantitative estimate of drug-likeness (QED) is 0.0326. The zero-order chi connectivity index (χ0) is 69.6. The molecule has 1 heterocycles. The number of carbonyl (C=O) groups excluding carboxylic acids is 2. The molecule has 1 saturated heterocycles. The van der Waals surface area contributed by atoms with Crippen LogP contribution in [0.25, 0.3) is 0 Å². The highest BCUT2D eigenvalue weighted by molar-refractivity contribution is 5.69. The third-order valence-electron chi connectivity index (χ3n) is 15.5. The molecule has 0 spiro atoms. The summed E-state index contributed by atoms with van der Waals surface area (Å²) in [5.41, 5.74) is 0. The summed E-state index contributed by atoms with van der Waals surface area (Å²) >= 11 is 0. The molecule has 2 N–H and O–H groups in total. The van der Waals surface area contributed by atoms with Crippen LogP contribution in [0, 0.1) is 0 Å². The van der Waals surface area contributed by atoms with Crippen LogP contribution in [0.3, 0.4) is 0 Å². The van der Waals surface area contributed by atoms with E-state index in [4.69, 9.17) is 100 Å². The van der Waals surface area contributed by atoms with E-state index in [0.717, 1.165) is 51.4 Å². The van der Waals surface area contributed by atoms with Gasteiger partial charge >= 0.3 is 11.9 Å². The highest BCUT2D eigenvalue weighted by Gasteiger charge is 2.44. The van der Waals surface area contributed by atoms with Crippen molar-refractivity contribution in [2.75, 3.05) is 225 Å². The fourth-order valence-corrected chi connectivity index (χ4v) is 10.1. The number of hydrogen-bond acceptors (Lipinski definition) is 23. The van der Waals surface area contributed by atoms with E-state index in [1.165, 1.54) is 116 Å². The van der Waals surface area contributed by atoms with Crippen molar-refractivity contribution in [3.63, 3.8) is 0 Å². The molecule has 0 aliphatic carbocycles. The van der Waals surface area contributed by atoms with Gasteiger partial charge in [0.1, 0.15) is 37.6 Å². The largest absolute Gasteiger partial charge is 0.463 e. The smallest absolute Gasteiger partial charge is 0.305 e. The summed E-state index contributed by atoms with van der Waals surface area (Å²) in [6.07, 6.45) is 39.8. The lowest BCUT2D eigenvalue weighted by molar-refractivity contribution is -0.146. The zero-order valence-corrected chi connectivity index (χ0v) is 60.9. The molecule has 0 radical (unpaired) electrons.